The lowest BCUT2D eigenvalue weighted by atomic mass is 9.90. The van der Waals surface area contributed by atoms with Crippen LogP contribution in [0.5, 0.6) is 0 Å². The Bertz CT molecular complexity index is 814. The van der Waals surface area contributed by atoms with E-state index < -0.39 is 0 Å². The minimum absolute atomic E-state index is 0.278. The molecule has 0 atom stereocenters. The first kappa shape index (κ1) is 19.1. The number of fused-ring (bicyclic) bond motifs is 1. The molecule has 0 bridgehead atoms. The number of aromatic nitrogens is 2. The highest BCUT2D eigenvalue weighted by Crippen LogP contribution is 2.28. The van der Waals surface area contributed by atoms with Gasteiger partial charge in [-0.15, -0.1) is 0 Å². The molecule has 1 aliphatic heterocycles. The molecule has 2 aliphatic rings. The van der Waals surface area contributed by atoms with Gasteiger partial charge in [0.2, 0.25) is 5.91 Å². The van der Waals surface area contributed by atoms with Gasteiger partial charge in [0.1, 0.15) is 12.1 Å². The fraction of sp³-hybridized carbons (Fsp3) is 0.571. The van der Waals surface area contributed by atoms with E-state index in [4.69, 9.17) is 10.5 Å². The van der Waals surface area contributed by atoms with E-state index in [0.717, 1.165) is 61.4 Å². The summed E-state index contributed by atoms with van der Waals surface area (Å²) in [7, 11) is 0. The number of ether oxygens (including phenoxy) is 1. The molecule has 7 heteroatoms. The number of benzene rings is 1. The highest BCUT2D eigenvalue weighted by Gasteiger charge is 2.27. The van der Waals surface area contributed by atoms with E-state index in [0.29, 0.717) is 24.9 Å². The van der Waals surface area contributed by atoms with E-state index in [1.165, 1.54) is 12.8 Å². The van der Waals surface area contributed by atoms with Gasteiger partial charge in [-0.3, -0.25) is 9.69 Å². The summed E-state index contributed by atoms with van der Waals surface area (Å²) in [5.74, 6) is 0.612. The van der Waals surface area contributed by atoms with Crippen molar-refractivity contribution in [1.29, 1.82) is 0 Å². The van der Waals surface area contributed by atoms with E-state index >= 15 is 0 Å². The third-order valence-electron chi connectivity index (χ3n) is 5.96. The number of anilines is 1. The smallest absolute Gasteiger partial charge is 0.217 e. The second kappa shape index (κ2) is 8.84. The third kappa shape index (κ3) is 4.59. The molecule has 2 aromatic rings. The number of morpholine rings is 1. The number of nitrogens with two attached hydrogens (primary N) is 1. The number of aryl methyl sites for hydroxylation is 1. The predicted molar refractivity (Wildman–Crippen MR) is 109 cm³/mol. The van der Waals surface area contributed by atoms with Gasteiger partial charge in [0.15, 0.2) is 0 Å². The van der Waals surface area contributed by atoms with Crippen molar-refractivity contribution in [2.45, 2.75) is 50.6 Å². The lowest BCUT2D eigenvalue weighted by Crippen LogP contribution is -2.46. The maximum atomic E-state index is 11.1. The quantitative estimate of drug-likeness (QED) is 0.793. The predicted octanol–water partition coefficient (Wildman–Crippen LogP) is 2.10. The summed E-state index contributed by atoms with van der Waals surface area (Å²) < 4.78 is 5.48. The molecule has 1 aromatic heterocycles. The van der Waals surface area contributed by atoms with Crippen LogP contribution in [-0.4, -0.2) is 59.2 Å². The van der Waals surface area contributed by atoms with E-state index in [9.17, 15) is 4.79 Å². The van der Waals surface area contributed by atoms with Gasteiger partial charge in [-0.25, -0.2) is 9.97 Å². The van der Waals surface area contributed by atoms with E-state index in [2.05, 4.69) is 26.3 Å². The Morgan fingerprint density at radius 2 is 1.96 bits per heavy atom. The van der Waals surface area contributed by atoms with Crippen molar-refractivity contribution in [3.63, 3.8) is 0 Å². The number of amides is 1. The van der Waals surface area contributed by atoms with Crippen LogP contribution in [0.1, 0.15) is 37.7 Å². The Balaban J connectivity index is 1.41. The van der Waals surface area contributed by atoms with Crippen molar-refractivity contribution in [3.8, 4) is 0 Å². The van der Waals surface area contributed by atoms with Crippen molar-refractivity contribution in [1.82, 2.24) is 14.9 Å². The number of carbonyl (C=O) groups excluding carboxylic acids is 1. The first-order chi connectivity index (χ1) is 13.7. The average Bonchev–Trinajstić information content (AvgIpc) is 2.74. The standard InChI is InChI=1S/C21H29N5O2/c22-20(27)8-2-15-1-7-19-18(13-15)21(24-14-23-19)25-16-3-5-17(6-4-16)26-9-11-28-12-10-26/h1,7,13-14,16-17H,2-6,8-12H2,(H2,22,27)(H,23,24,25)/t16-,17-. The number of primary amides is 1. The van der Waals surface area contributed by atoms with Crippen LogP contribution in [0.3, 0.4) is 0 Å². The molecule has 1 aliphatic carbocycles. The van der Waals surface area contributed by atoms with Crippen LogP contribution in [0.15, 0.2) is 24.5 Å². The Labute approximate surface area is 165 Å². The van der Waals surface area contributed by atoms with Crippen LogP contribution in [0.25, 0.3) is 10.9 Å². The molecule has 4 rings (SSSR count). The summed E-state index contributed by atoms with van der Waals surface area (Å²) in [4.78, 5) is 22.6. The molecule has 1 saturated carbocycles. The van der Waals surface area contributed by atoms with Crippen LogP contribution in [0.2, 0.25) is 0 Å². The molecular formula is C21H29N5O2. The zero-order chi connectivity index (χ0) is 19.3. The monoisotopic (exact) mass is 383 g/mol. The minimum atomic E-state index is -0.278. The van der Waals surface area contributed by atoms with Gasteiger partial charge >= 0.3 is 0 Å². The number of hydrogen-bond acceptors (Lipinski definition) is 6. The van der Waals surface area contributed by atoms with Crippen LogP contribution in [0, 0.1) is 0 Å². The molecule has 7 nitrogen and oxygen atoms in total. The fourth-order valence-electron chi connectivity index (χ4n) is 4.36. The van der Waals surface area contributed by atoms with E-state index in [1.54, 1.807) is 6.33 Å². The Morgan fingerprint density at radius 1 is 1.18 bits per heavy atom. The van der Waals surface area contributed by atoms with Gasteiger partial charge in [0.05, 0.1) is 18.7 Å². The summed E-state index contributed by atoms with van der Waals surface area (Å²) in [5.41, 5.74) is 7.29. The van der Waals surface area contributed by atoms with Gasteiger partial charge in [0, 0.05) is 37.0 Å². The second-order valence-electron chi connectivity index (χ2n) is 7.84. The molecular weight excluding hydrogens is 354 g/mol. The van der Waals surface area contributed by atoms with E-state index in [-0.39, 0.29) is 5.91 Å². The third-order valence-corrected chi connectivity index (χ3v) is 5.96. The van der Waals surface area contributed by atoms with Gasteiger partial charge in [-0.2, -0.15) is 0 Å². The molecule has 0 unspecified atom stereocenters. The molecule has 2 heterocycles. The maximum absolute atomic E-state index is 11.1. The Hall–Kier alpha value is -2.25. The molecule has 1 amide bonds. The molecule has 0 radical (unpaired) electrons. The first-order valence-electron chi connectivity index (χ1n) is 10.3. The fourth-order valence-corrected chi connectivity index (χ4v) is 4.36. The minimum Gasteiger partial charge on any atom is -0.379 e. The molecule has 0 spiro atoms. The van der Waals surface area contributed by atoms with Crippen molar-refractivity contribution >= 4 is 22.6 Å². The van der Waals surface area contributed by atoms with Gasteiger partial charge < -0.3 is 15.8 Å². The number of hydrogen-bond donors (Lipinski definition) is 2. The second-order valence-corrected chi connectivity index (χ2v) is 7.84. The topological polar surface area (TPSA) is 93.4 Å². The van der Waals surface area contributed by atoms with Crippen molar-refractivity contribution in [2.24, 2.45) is 5.73 Å². The Morgan fingerprint density at radius 3 is 2.71 bits per heavy atom. The lowest BCUT2D eigenvalue weighted by molar-refractivity contribution is -0.117. The summed E-state index contributed by atoms with van der Waals surface area (Å²) in [6.07, 6.45) is 7.34. The highest BCUT2D eigenvalue weighted by molar-refractivity contribution is 5.89. The molecule has 28 heavy (non-hydrogen) atoms. The van der Waals surface area contributed by atoms with Crippen molar-refractivity contribution in [2.75, 3.05) is 31.6 Å². The van der Waals surface area contributed by atoms with Crippen LogP contribution < -0.4 is 11.1 Å². The van der Waals surface area contributed by atoms with Crippen molar-refractivity contribution < 1.29 is 9.53 Å². The van der Waals surface area contributed by atoms with E-state index in [1.807, 2.05) is 12.1 Å². The van der Waals surface area contributed by atoms with Gasteiger partial charge in [-0.05, 0) is 49.8 Å². The highest BCUT2D eigenvalue weighted by atomic mass is 16.5. The normalized spacial score (nSPS) is 23.6. The number of carbonyl (C=O) groups is 1. The summed E-state index contributed by atoms with van der Waals surface area (Å²) in [6, 6.07) is 7.21. The molecule has 2 fully saturated rings. The number of nitrogens with zero attached hydrogens (tertiary/aromatic N) is 3. The lowest BCUT2D eigenvalue weighted by Gasteiger charge is -2.39. The first-order valence-corrected chi connectivity index (χ1v) is 10.3. The number of nitrogens with one attached hydrogen (secondary N) is 1. The largest absolute Gasteiger partial charge is 0.379 e. The van der Waals surface area contributed by atoms with Gasteiger partial charge in [0.25, 0.3) is 0 Å². The average molecular weight is 383 g/mol. The van der Waals surface area contributed by atoms with Crippen molar-refractivity contribution in [3.05, 3.63) is 30.1 Å². The zero-order valence-electron chi connectivity index (χ0n) is 16.3. The molecule has 3 N–H and O–H groups in total. The molecule has 1 aromatic carbocycles. The number of rotatable bonds is 6. The molecule has 1 saturated heterocycles. The summed E-state index contributed by atoms with van der Waals surface area (Å²) in [5, 5.41) is 4.67. The zero-order valence-corrected chi connectivity index (χ0v) is 16.3. The SMILES string of the molecule is NC(=O)CCc1ccc2ncnc(N[C@H]3CC[C@H](N4CCOCC4)CC3)c2c1. The summed E-state index contributed by atoms with van der Waals surface area (Å²) >= 11 is 0. The Kier molecular flexibility index (Phi) is 6.02. The van der Waals surface area contributed by atoms with Crippen LogP contribution >= 0.6 is 0 Å². The summed E-state index contributed by atoms with van der Waals surface area (Å²) in [6.45, 7) is 3.85. The van der Waals surface area contributed by atoms with Crippen LogP contribution in [-0.2, 0) is 16.0 Å². The maximum Gasteiger partial charge on any atom is 0.217 e. The van der Waals surface area contributed by atoms with Crippen LogP contribution in [0.4, 0.5) is 5.82 Å². The van der Waals surface area contributed by atoms with Gasteiger partial charge in [-0.1, -0.05) is 6.07 Å². The molecule has 150 valence electrons.